The number of rotatable bonds is 18. The van der Waals surface area contributed by atoms with Crippen LogP contribution in [-0.2, 0) is 29.0 Å². The van der Waals surface area contributed by atoms with Crippen molar-refractivity contribution >= 4 is 42.0 Å². The Bertz CT molecular complexity index is 2230. The number of halogens is 1. The Morgan fingerprint density at radius 3 is 2.20 bits per heavy atom. The maximum absolute atomic E-state index is 13.7. The maximum Gasteiger partial charge on any atom is 0.326 e. The van der Waals surface area contributed by atoms with E-state index in [0.29, 0.717) is 31.0 Å². The van der Waals surface area contributed by atoms with Crippen molar-refractivity contribution in [2.45, 2.75) is 51.6 Å². The third kappa shape index (κ3) is 9.89. The molecule has 0 aliphatic carbocycles. The number of nitrogens with one attached hydrogen (secondary N) is 3. The van der Waals surface area contributed by atoms with Gasteiger partial charge in [-0.25, -0.2) is 9.78 Å². The molecule has 0 aliphatic heterocycles. The van der Waals surface area contributed by atoms with Gasteiger partial charge in [-0.2, -0.15) is 17.8 Å². The molecule has 4 N–H and O–H groups in total. The lowest BCUT2D eigenvalue weighted by Crippen LogP contribution is -2.46. The Hall–Kier alpha value is -5.79. The highest BCUT2D eigenvalue weighted by atomic mass is 35.5. The van der Waals surface area contributed by atoms with E-state index in [1.165, 1.54) is 0 Å². The molecule has 0 bridgehead atoms. The number of thiol groups is 1. The van der Waals surface area contributed by atoms with Gasteiger partial charge in [0, 0.05) is 30.8 Å². The van der Waals surface area contributed by atoms with Crippen LogP contribution in [-0.4, -0.2) is 71.4 Å². The average Bonchev–Trinajstić information content (AvgIpc) is 3.87. The standard InChI is InChI=1S/C42H43ClN8O4S/c1-2-3-13-36-46-38(43)37(51(36)25-28-16-20-31(21-17-28)33-11-7-8-12-34(33)39-47-49-50-48-39)41(53)44-23-22-35(42(54)55)45-40(52)32(26-56)24-27-14-18-30(19-15-27)29-9-5-4-6-10-29/h4-12,14-21,32,35,56H,2-3,13,22-26H2,1H3,(H,44,53)(H,45,52)(H,54,55)(H,47,48,49,50). The molecule has 288 valence electrons. The van der Waals surface area contributed by atoms with Crippen LogP contribution in [0.5, 0.6) is 0 Å². The molecule has 0 aliphatic rings. The number of carbonyl (C=O) groups is 3. The monoisotopic (exact) mass is 790 g/mol. The number of hydrogen-bond acceptors (Lipinski definition) is 8. The molecule has 2 heterocycles. The number of carbonyl (C=O) groups excluding carboxylic acids is 2. The Morgan fingerprint density at radius 2 is 1.54 bits per heavy atom. The largest absolute Gasteiger partial charge is 0.480 e. The number of carboxylic acid groups (broad SMARTS) is 1. The molecular formula is C42H43ClN8O4S. The number of tetrazole rings is 1. The number of unbranched alkanes of at least 4 members (excludes halogenated alkanes) is 1. The maximum atomic E-state index is 13.7. The van der Waals surface area contributed by atoms with Crippen LogP contribution >= 0.6 is 24.2 Å². The number of benzene rings is 4. The van der Waals surface area contributed by atoms with Gasteiger partial charge in [0.2, 0.25) is 11.7 Å². The van der Waals surface area contributed by atoms with E-state index in [0.717, 1.165) is 51.8 Å². The van der Waals surface area contributed by atoms with E-state index in [4.69, 9.17) is 11.6 Å². The Balaban J connectivity index is 1.10. The molecule has 4 aromatic carbocycles. The second-order valence-electron chi connectivity index (χ2n) is 13.4. The summed E-state index contributed by atoms with van der Waals surface area (Å²) in [6.07, 6.45) is 2.76. The predicted octanol–water partition coefficient (Wildman–Crippen LogP) is 6.92. The third-order valence-electron chi connectivity index (χ3n) is 9.56. The van der Waals surface area contributed by atoms with Crippen molar-refractivity contribution in [3.05, 3.63) is 131 Å². The Kier molecular flexibility index (Phi) is 13.7. The van der Waals surface area contributed by atoms with Gasteiger partial charge in [-0.05, 0) is 57.9 Å². The number of aryl methyl sites for hydroxylation is 1. The minimum absolute atomic E-state index is 0.0249. The zero-order valence-corrected chi connectivity index (χ0v) is 32.5. The van der Waals surface area contributed by atoms with Crippen LogP contribution in [0.2, 0.25) is 5.15 Å². The number of carboxylic acids is 1. The number of aromatic amines is 1. The van der Waals surface area contributed by atoms with E-state index in [1.807, 2.05) is 108 Å². The summed E-state index contributed by atoms with van der Waals surface area (Å²) >= 11 is 11.0. The van der Waals surface area contributed by atoms with Crippen LogP contribution in [0.15, 0.2) is 103 Å². The number of imidazole rings is 1. The van der Waals surface area contributed by atoms with Crippen LogP contribution in [0.25, 0.3) is 33.6 Å². The molecule has 12 nitrogen and oxygen atoms in total. The molecule has 0 saturated carbocycles. The smallest absolute Gasteiger partial charge is 0.326 e. The van der Waals surface area contributed by atoms with Crippen LogP contribution in [0.1, 0.15) is 53.6 Å². The quantitative estimate of drug-likeness (QED) is 0.0585. The minimum Gasteiger partial charge on any atom is -0.480 e. The lowest BCUT2D eigenvalue weighted by molar-refractivity contribution is -0.142. The fourth-order valence-electron chi connectivity index (χ4n) is 6.51. The number of amides is 2. The molecule has 0 spiro atoms. The first-order chi connectivity index (χ1) is 27.2. The van der Waals surface area contributed by atoms with E-state index in [1.54, 1.807) is 0 Å². The first kappa shape index (κ1) is 39.9. The lowest BCUT2D eigenvalue weighted by Gasteiger charge is -2.20. The number of aromatic nitrogens is 6. The highest BCUT2D eigenvalue weighted by molar-refractivity contribution is 7.80. The molecule has 0 fully saturated rings. The summed E-state index contributed by atoms with van der Waals surface area (Å²) in [5, 5.41) is 30.0. The molecule has 56 heavy (non-hydrogen) atoms. The number of hydrogen-bond donors (Lipinski definition) is 5. The van der Waals surface area contributed by atoms with E-state index in [9.17, 15) is 19.5 Å². The van der Waals surface area contributed by atoms with E-state index in [2.05, 4.69) is 55.8 Å². The SMILES string of the molecule is CCCCc1nc(Cl)c(C(=O)NCCC(NC(=O)C(CS)Cc2ccc(-c3ccccc3)cc2)C(=O)O)n1Cc1ccc(-c2ccccc2-c2nn[nH]n2)cc1. The number of H-pyrrole nitrogens is 1. The molecule has 0 radical (unpaired) electrons. The van der Waals surface area contributed by atoms with Gasteiger partial charge in [-0.1, -0.05) is 128 Å². The van der Waals surface area contributed by atoms with Crippen LogP contribution in [0, 0.1) is 5.92 Å². The average molecular weight is 791 g/mol. The van der Waals surface area contributed by atoms with Crippen molar-refractivity contribution in [3.63, 3.8) is 0 Å². The molecule has 2 amide bonds. The highest BCUT2D eigenvalue weighted by Gasteiger charge is 2.27. The summed E-state index contributed by atoms with van der Waals surface area (Å²) < 4.78 is 1.82. The molecule has 6 aromatic rings. The molecular weight excluding hydrogens is 748 g/mol. The zero-order valence-electron chi connectivity index (χ0n) is 30.9. The van der Waals surface area contributed by atoms with Crippen LogP contribution in [0.4, 0.5) is 0 Å². The first-order valence-corrected chi connectivity index (χ1v) is 19.5. The molecule has 6 rings (SSSR count). The van der Waals surface area contributed by atoms with Gasteiger partial charge in [0.05, 0.1) is 5.92 Å². The van der Waals surface area contributed by atoms with Gasteiger partial charge in [-0.3, -0.25) is 9.59 Å². The summed E-state index contributed by atoms with van der Waals surface area (Å²) in [6, 6.07) is 32.5. The van der Waals surface area contributed by atoms with Gasteiger partial charge in [0.25, 0.3) is 5.91 Å². The number of nitrogens with zero attached hydrogens (tertiary/aromatic N) is 5. The van der Waals surface area contributed by atoms with Crippen molar-refractivity contribution in [1.82, 2.24) is 40.8 Å². The highest BCUT2D eigenvalue weighted by Crippen LogP contribution is 2.30. The lowest BCUT2D eigenvalue weighted by atomic mass is 9.97. The van der Waals surface area contributed by atoms with Gasteiger partial charge < -0.3 is 20.3 Å². The molecule has 2 unspecified atom stereocenters. The summed E-state index contributed by atoms with van der Waals surface area (Å²) in [5.74, 6) is -1.26. The molecule has 0 saturated heterocycles. The summed E-state index contributed by atoms with van der Waals surface area (Å²) in [7, 11) is 0. The fourth-order valence-corrected chi connectivity index (χ4v) is 7.09. The molecule has 2 aromatic heterocycles. The fraction of sp³-hybridized carbons (Fsp3) is 0.262. The van der Waals surface area contributed by atoms with E-state index < -0.39 is 29.7 Å². The third-order valence-corrected chi connectivity index (χ3v) is 10.3. The van der Waals surface area contributed by atoms with E-state index in [-0.39, 0.29) is 29.6 Å². The van der Waals surface area contributed by atoms with Gasteiger partial charge >= 0.3 is 5.97 Å². The summed E-state index contributed by atoms with van der Waals surface area (Å²) in [6.45, 7) is 2.39. The van der Waals surface area contributed by atoms with Gasteiger partial charge in [0.1, 0.15) is 17.6 Å². The second-order valence-corrected chi connectivity index (χ2v) is 14.1. The Morgan fingerprint density at radius 1 is 0.875 bits per heavy atom. The Labute approximate surface area is 335 Å². The minimum atomic E-state index is -1.23. The van der Waals surface area contributed by atoms with E-state index >= 15 is 0 Å². The van der Waals surface area contributed by atoms with Crippen molar-refractivity contribution in [2.75, 3.05) is 12.3 Å². The first-order valence-electron chi connectivity index (χ1n) is 18.5. The van der Waals surface area contributed by atoms with Crippen molar-refractivity contribution < 1.29 is 19.5 Å². The topological polar surface area (TPSA) is 168 Å². The van der Waals surface area contributed by atoms with Gasteiger partial charge in [-0.15, -0.1) is 10.2 Å². The van der Waals surface area contributed by atoms with Crippen molar-refractivity contribution in [1.29, 1.82) is 0 Å². The van der Waals surface area contributed by atoms with Crippen molar-refractivity contribution in [2.24, 2.45) is 5.92 Å². The van der Waals surface area contributed by atoms with Crippen LogP contribution < -0.4 is 10.6 Å². The summed E-state index contributed by atoms with van der Waals surface area (Å²) in [4.78, 5) is 43.7. The molecule has 2 atom stereocenters. The second kappa shape index (κ2) is 19.2. The number of aliphatic carboxylic acids is 1. The van der Waals surface area contributed by atoms with Gasteiger partial charge in [0.15, 0.2) is 5.15 Å². The predicted molar refractivity (Wildman–Crippen MR) is 219 cm³/mol. The van der Waals surface area contributed by atoms with Crippen LogP contribution in [0.3, 0.4) is 0 Å². The molecule has 14 heteroatoms. The zero-order chi connectivity index (χ0) is 39.4. The van der Waals surface area contributed by atoms with Crippen molar-refractivity contribution in [3.8, 4) is 33.6 Å². The normalized spacial score (nSPS) is 12.2. The summed E-state index contributed by atoms with van der Waals surface area (Å²) in [5.41, 5.74) is 6.94.